The molecule has 1 heterocycles. The molecule has 0 bridgehead atoms. The Hall–Kier alpha value is -2.23. The zero-order valence-corrected chi connectivity index (χ0v) is 13.3. The van der Waals surface area contributed by atoms with Gasteiger partial charge in [0, 0.05) is 0 Å². The fourth-order valence-electron chi connectivity index (χ4n) is 1.73. The highest BCUT2D eigenvalue weighted by Gasteiger charge is 2.38. The van der Waals surface area contributed by atoms with Crippen LogP contribution < -0.4 is 9.47 Å². The number of hydrogen-bond donors (Lipinski definition) is 0. The number of benzene rings is 1. The average Bonchev–Trinajstić information content (AvgIpc) is 2.95. The minimum absolute atomic E-state index is 0.0362. The molecule has 0 aliphatic carbocycles. The van der Waals surface area contributed by atoms with Crippen molar-refractivity contribution >= 4 is 18.0 Å². The van der Waals surface area contributed by atoms with Gasteiger partial charge in [0.25, 0.3) is 5.82 Å². The molecule has 1 aromatic heterocycles. The summed E-state index contributed by atoms with van der Waals surface area (Å²) in [5, 5.41) is 10.5. The molecule has 23 heavy (non-hydrogen) atoms. The van der Waals surface area contributed by atoms with Gasteiger partial charge in [-0.05, 0) is 30.0 Å². The van der Waals surface area contributed by atoms with Crippen molar-refractivity contribution in [2.75, 3.05) is 20.5 Å². The minimum atomic E-state index is -4.64. The van der Waals surface area contributed by atoms with E-state index in [-0.39, 0.29) is 5.16 Å². The van der Waals surface area contributed by atoms with E-state index < -0.39 is 12.0 Å². The number of hydrogen-bond acceptors (Lipinski definition) is 6. The Bertz CT molecular complexity index is 716. The molecule has 2 aromatic rings. The van der Waals surface area contributed by atoms with Crippen LogP contribution in [0.2, 0.25) is 0 Å². The molecule has 2 rings (SSSR count). The van der Waals surface area contributed by atoms with Gasteiger partial charge in [0.15, 0.2) is 11.5 Å². The quantitative estimate of drug-likeness (QED) is 0.615. The number of methoxy groups -OCH3 is 2. The van der Waals surface area contributed by atoms with Gasteiger partial charge in [0.1, 0.15) is 0 Å². The maximum Gasteiger partial charge on any atom is 0.453 e. The smallest absolute Gasteiger partial charge is 0.453 e. The second-order valence-electron chi connectivity index (χ2n) is 4.18. The first-order valence-corrected chi connectivity index (χ1v) is 7.46. The van der Waals surface area contributed by atoms with Crippen molar-refractivity contribution in [1.82, 2.24) is 14.9 Å². The van der Waals surface area contributed by atoms with Gasteiger partial charge in [-0.3, -0.25) is 0 Å². The monoisotopic (exact) mass is 346 g/mol. The molecule has 1 aromatic carbocycles. The van der Waals surface area contributed by atoms with Crippen LogP contribution in [0.15, 0.2) is 28.5 Å². The van der Waals surface area contributed by atoms with Crippen molar-refractivity contribution in [3.05, 3.63) is 29.6 Å². The first-order chi connectivity index (χ1) is 10.9. The standard InChI is InChI=1S/C13H13F3N4O2S/c1-21-9-5-4-8(6-10(9)22-2)7-17-20-11(13(14,15)16)18-19-12(20)23-3/h4-7H,1-3H3/b17-7+. The Morgan fingerprint density at radius 1 is 1.17 bits per heavy atom. The highest BCUT2D eigenvalue weighted by Crippen LogP contribution is 2.30. The lowest BCUT2D eigenvalue weighted by atomic mass is 10.2. The summed E-state index contributed by atoms with van der Waals surface area (Å²) in [5.41, 5.74) is 0.538. The van der Waals surface area contributed by atoms with Crippen LogP contribution in [0.3, 0.4) is 0 Å². The topological polar surface area (TPSA) is 61.5 Å². The lowest BCUT2D eigenvalue weighted by Gasteiger charge is -2.08. The normalized spacial score (nSPS) is 11.9. The molecule has 0 aliphatic rings. The van der Waals surface area contributed by atoms with Crippen LogP contribution >= 0.6 is 11.8 Å². The van der Waals surface area contributed by atoms with Gasteiger partial charge in [0.2, 0.25) is 5.16 Å². The number of ether oxygens (including phenoxy) is 2. The van der Waals surface area contributed by atoms with E-state index >= 15 is 0 Å². The van der Waals surface area contributed by atoms with E-state index in [1.54, 1.807) is 24.5 Å². The molecule has 0 N–H and O–H groups in total. The van der Waals surface area contributed by atoms with Gasteiger partial charge < -0.3 is 9.47 Å². The summed E-state index contributed by atoms with van der Waals surface area (Å²) in [6, 6.07) is 4.87. The van der Waals surface area contributed by atoms with E-state index in [9.17, 15) is 13.2 Å². The Kier molecular flexibility index (Phi) is 5.14. The number of halogens is 3. The van der Waals surface area contributed by atoms with Gasteiger partial charge in [-0.25, -0.2) is 0 Å². The van der Waals surface area contributed by atoms with E-state index in [1.807, 2.05) is 0 Å². The predicted molar refractivity (Wildman–Crippen MR) is 79.3 cm³/mol. The molecule has 0 atom stereocenters. The zero-order chi connectivity index (χ0) is 17.0. The zero-order valence-electron chi connectivity index (χ0n) is 12.5. The van der Waals surface area contributed by atoms with Gasteiger partial charge in [-0.2, -0.15) is 22.9 Å². The van der Waals surface area contributed by atoms with Crippen molar-refractivity contribution in [2.45, 2.75) is 11.3 Å². The second kappa shape index (κ2) is 6.90. The Morgan fingerprint density at radius 3 is 2.43 bits per heavy atom. The molecule has 0 saturated heterocycles. The molecule has 0 radical (unpaired) electrons. The third-order valence-electron chi connectivity index (χ3n) is 2.78. The van der Waals surface area contributed by atoms with Crippen LogP contribution in [0.1, 0.15) is 11.4 Å². The Balaban J connectivity index is 2.39. The second-order valence-corrected chi connectivity index (χ2v) is 4.95. The fraction of sp³-hybridized carbons (Fsp3) is 0.308. The summed E-state index contributed by atoms with van der Waals surface area (Å²) in [5.74, 6) is -0.227. The first-order valence-electron chi connectivity index (χ1n) is 6.23. The number of nitrogens with zero attached hydrogens (tertiary/aromatic N) is 4. The summed E-state index contributed by atoms with van der Waals surface area (Å²) in [7, 11) is 2.95. The summed E-state index contributed by atoms with van der Waals surface area (Å²) in [4.78, 5) is 0. The van der Waals surface area contributed by atoms with Crippen LogP contribution in [-0.2, 0) is 6.18 Å². The summed E-state index contributed by atoms with van der Waals surface area (Å²) >= 11 is 1.01. The van der Waals surface area contributed by atoms with E-state index in [4.69, 9.17) is 9.47 Å². The molecule has 0 spiro atoms. The molecule has 0 amide bonds. The summed E-state index contributed by atoms with van der Waals surface area (Å²) in [6.07, 6.45) is -1.79. The highest BCUT2D eigenvalue weighted by molar-refractivity contribution is 7.98. The predicted octanol–water partition coefficient (Wildman–Crippen LogP) is 2.92. The molecule has 0 unspecified atom stereocenters. The van der Waals surface area contributed by atoms with E-state index in [2.05, 4.69) is 15.3 Å². The molecule has 10 heteroatoms. The van der Waals surface area contributed by atoms with Gasteiger partial charge in [-0.1, -0.05) is 11.8 Å². The Morgan fingerprint density at radius 2 is 1.87 bits per heavy atom. The molecular formula is C13H13F3N4O2S. The lowest BCUT2D eigenvalue weighted by Crippen LogP contribution is -2.13. The number of thioether (sulfide) groups is 1. The number of aromatic nitrogens is 3. The van der Waals surface area contributed by atoms with Gasteiger partial charge in [-0.15, -0.1) is 10.2 Å². The SMILES string of the molecule is COc1ccc(/C=N/n2c(SC)nnc2C(F)(F)F)cc1OC. The highest BCUT2D eigenvalue weighted by atomic mass is 32.2. The average molecular weight is 346 g/mol. The Labute approximate surface area is 134 Å². The molecule has 0 saturated carbocycles. The number of rotatable bonds is 5. The van der Waals surface area contributed by atoms with Crippen molar-refractivity contribution < 1.29 is 22.6 Å². The van der Waals surface area contributed by atoms with Crippen molar-refractivity contribution in [3.63, 3.8) is 0 Å². The van der Waals surface area contributed by atoms with Crippen molar-refractivity contribution in [3.8, 4) is 11.5 Å². The van der Waals surface area contributed by atoms with Crippen molar-refractivity contribution in [1.29, 1.82) is 0 Å². The molecule has 0 aliphatic heterocycles. The summed E-state index contributed by atoms with van der Waals surface area (Å²) < 4.78 is 49.6. The maximum absolute atomic E-state index is 12.9. The first kappa shape index (κ1) is 17.1. The summed E-state index contributed by atoms with van der Waals surface area (Å²) in [6.45, 7) is 0. The van der Waals surface area contributed by atoms with Crippen LogP contribution in [-0.4, -0.2) is 41.6 Å². The van der Waals surface area contributed by atoms with Crippen molar-refractivity contribution in [2.24, 2.45) is 5.10 Å². The van der Waals surface area contributed by atoms with E-state index in [0.29, 0.717) is 21.7 Å². The van der Waals surface area contributed by atoms with E-state index in [0.717, 1.165) is 11.8 Å². The largest absolute Gasteiger partial charge is 0.493 e. The lowest BCUT2D eigenvalue weighted by molar-refractivity contribution is -0.147. The molecule has 124 valence electrons. The third kappa shape index (κ3) is 3.76. The van der Waals surface area contributed by atoms with Crippen LogP contribution in [0.5, 0.6) is 11.5 Å². The van der Waals surface area contributed by atoms with Gasteiger partial charge in [0.05, 0.1) is 20.4 Å². The van der Waals surface area contributed by atoms with E-state index in [1.165, 1.54) is 20.4 Å². The minimum Gasteiger partial charge on any atom is -0.493 e. The van der Waals surface area contributed by atoms with Gasteiger partial charge >= 0.3 is 6.18 Å². The molecule has 0 fully saturated rings. The maximum atomic E-state index is 12.9. The van der Waals surface area contributed by atoms with Crippen LogP contribution in [0, 0.1) is 0 Å². The molecule has 6 nitrogen and oxygen atoms in total. The fourth-order valence-corrected chi connectivity index (χ4v) is 2.16. The molecular weight excluding hydrogens is 333 g/mol. The third-order valence-corrected chi connectivity index (χ3v) is 3.40. The van der Waals surface area contributed by atoms with Crippen LogP contribution in [0.25, 0.3) is 0 Å². The van der Waals surface area contributed by atoms with Crippen LogP contribution in [0.4, 0.5) is 13.2 Å². The number of alkyl halides is 3.